The molecule has 1 heterocycles. The highest BCUT2D eigenvalue weighted by Gasteiger charge is 2.04. The Hall–Kier alpha value is -0.870. The summed E-state index contributed by atoms with van der Waals surface area (Å²) in [5, 5.41) is 5.30. The number of hydrogen-bond acceptors (Lipinski definition) is 2. The van der Waals surface area contributed by atoms with Crippen molar-refractivity contribution in [3.63, 3.8) is 0 Å². The van der Waals surface area contributed by atoms with Gasteiger partial charge in [0.1, 0.15) is 0 Å². The average molecular weight is 240 g/mol. The lowest BCUT2D eigenvalue weighted by Gasteiger charge is -2.00. The van der Waals surface area contributed by atoms with E-state index in [0.29, 0.717) is 6.54 Å². The molecule has 0 radical (unpaired) electrons. The molecule has 68 valence electrons. The summed E-state index contributed by atoms with van der Waals surface area (Å²) < 4.78 is 2.90. The molecule has 0 aliphatic carbocycles. The minimum atomic E-state index is 0.555. The van der Waals surface area contributed by atoms with E-state index in [1.54, 1.807) is 0 Å². The molecule has 0 atom stereocenters. The first kappa shape index (κ1) is 8.72. The van der Waals surface area contributed by atoms with Crippen LogP contribution in [-0.2, 0) is 13.6 Å². The standard InChI is InChI=1S/C9H10BrN3/c1-13-9-3-6(4-11)2-8(10)7(9)5-12-13/h2-3,5H,4,11H2,1H3. The zero-order valence-electron chi connectivity index (χ0n) is 7.29. The van der Waals surface area contributed by atoms with Gasteiger partial charge in [-0.15, -0.1) is 0 Å². The summed E-state index contributed by atoms with van der Waals surface area (Å²) in [6.45, 7) is 0.555. The van der Waals surface area contributed by atoms with E-state index in [9.17, 15) is 0 Å². The SMILES string of the molecule is Cn1ncc2c(Br)cc(CN)cc21. The van der Waals surface area contributed by atoms with Crippen molar-refractivity contribution in [2.75, 3.05) is 0 Å². The van der Waals surface area contributed by atoms with E-state index in [1.807, 2.05) is 24.0 Å². The molecule has 0 aliphatic heterocycles. The summed E-state index contributed by atoms with van der Waals surface area (Å²) in [6, 6.07) is 4.09. The molecular formula is C9H10BrN3. The van der Waals surface area contributed by atoms with Crippen molar-refractivity contribution in [3.8, 4) is 0 Å². The number of aromatic nitrogens is 2. The Morgan fingerprint density at radius 2 is 2.31 bits per heavy atom. The molecule has 0 aliphatic rings. The Balaban J connectivity index is 2.80. The molecule has 13 heavy (non-hydrogen) atoms. The van der Waals surface area contributed by atoms with Crippen molar-refractivity contribution in [2.45, 2.75) is 6.54 Å². The summed E-state index contributed by atoms with van der Waals surface area (Å²) in [6.07, 6.45) is 1.85. The molecule has 0 amide bonds. The Labute approximate surface area is 84.7 Å². The van der Waals surface area contributed by atoms with Gasteiger partial charge in [-0.2, -0.15) is 5.10 Å². The molecule has 2 N–H and O–H groups in total. The molecule has 0 bridgehead atoms. The maximum atomic E-state index is 5.58. The average Bonchev–Trinajstić information content (AvgIpc) is 2.48. The van der Waals surface area contributed by atoms with Crippen LogP contribution in [0, 0.1) is 0 Å². The third-order valence-corrected chi connectivity index (χ3v) is 2.77. The predicted octanol–water partition coefficient (Wildman–Crippen LogP) is 1.79. The van der Waals surface area contributed by atoms with E-state index in [-0.39, 0.29) is 0 Å². The smallest absolute Gasteiger partial charge is 0.0693 e. The fourth-order valence-corrected chi connectivity index (χ4v) is 1.98. The fraction of sp³-hybridized carbons (Fsp3) is 0.222. The fourth-order valence-electron chi connectivity index (χ4n) is 1.38. The zero-order valence-corrected chi connectivity index (χ0v) is 8.87. The van der Waals surface area contributed by atoms with Crippen LogP contribution in [0.15, 0.2) is 22.8 Å². The van der Waals surface area contributed by atoms with Gasteiger partial charge in [0.2, 0.25) is 0 Å². The first-order valence-corrected chi connectivity index (χ1v) is 4.82. The van der Waals surface area contributed by atoms with Crippen LogP contribution in [0.4, 0.5) is 0 Å². The monoisotopic (exact) mass is 239 g/mol. The number of aryl methyl sites for hydroxylation is 1. The number of fused-ring (bicyclic) bond motifs is 1. The molecule has 0 saturated carbocycles. The first-order chi connectivity index (χ1) is 6.22. The van der Waals surface area contributed by atoms with Crippen LogP contribution in [0.3, 0.4) is 0 Å². The molecule has 4 heteroatoms. The van der Waals surface area contributed by atoms with Gasteiger partial charge in [-0.25, -0.2) is 0 Å². The molecular weight excluding hydrogens is 230 g/mol. The van der Waals surface area contributed by atoms with Crippen LogP contribution >= 0.6 is 15.9 Å². The van der Waals surface area contributed by atoms with Gasteiger partial charge in [-0.3, -0.25) is 4.68 Å². The molecule has 2 aromatic rings. The molecule has 2 rings (SSSR count). The van der Waals surface area contributed by atoms with Gasteiger partial charge >= 0.3 is 0 Å². The maximum absolute atomic E-state index is 5.58. The van der Waals surface area contributed by atoms with Gasteiger partial charge in [0, 0.05) is 23.5 Å². The van der Waals surface area contributed by atoms with E-state index in [1.165, 1.54) is 0 Å². The summed E-state index contributed by atoms with van der Waals surface area (Å²) in [7, 11) is 1.93. The minimum absolute atomic E-state index is 0.555. The number of nitrogens with zero attached hydrogens (tertiary/aromatic N) is 2. The molecule has 0 spiro atoms. The Morgan fingerprint density at radius 1 is 1.54 bits per heavy atom. The van der Waals surface area contributed by atoms with E-state index in [2.05, 4.69) is 27.1 Å². The second kappa shape index (κ2) is 3.12. The quantitative estimate of drug-likeness (QED) is 0.825. The largest absolute Gasteiger partial charge is 0.326 e. The van der Waals surface area contributed by atoms with Crippen molar-refractivity contribution in [1.82, 2.24) is 9.78 Å². The molecule has 3 nitrogen and oxygen atoms in total. The van der Waals surface area contributed by atoms with Crippen molar-refractivity contribution in [3.05, 3.63) is 28.4 Å². The van der Waals surface area contributed by atoms with Crippen LogP contribution in [0.25, 0.3) is 10.9 Å². The molecule has 0 unspecified atom stereocenters. The van der Waals surface area contributed by atoms with Crippen molar-refractivity contribution in [1.29, 1.82) is 0 Å². The van der Waals surface area contributed by atoms with Gasteiger partial charge in [0.05, 0.1) is 11.7 Å². The summed E-state index contributed by atoms with van der Waals surface area (Å²) in [5.74, 6) is 0. The van der Waals surface area contributed by atoms with Crippen molar-refractivity contribution < 1.29 is 0 Å². The van der Waals surface area contributed by atoms with Gasteiger partial charge < -0.3 is 5.73 Å². The topological polar surface area (TPSA) is 43.8 Å². The van der Waals surface area contributed by atoms with Gasteiger partial charge in [0.15, 0.2) is 0 Å². The highest BCUT2D eigenvalue weighted by Crippen LogP contribution is 2.24. The third kappa shape index (κ3) is 1.36. The van der Waals surface area contributed by atoms with Gasteiger partial charge in [-0.05, 0) is 17.7 Å². The lowest BCUT2D eigenvalue weighted by Crippen LogP contribution is -1.97. The van der Waals surface area contributed by atoms with Crippen LogP contribution in [-0.4, -0.2) is 9.78 Å². The lowest BCUT2D eigenvalue weighted by molar-refractivity contribution is 0.796. The highest BCUT2D eigenvalue weighted by molar-refractivity contribution is 9.10. The number of nitrogens with two attached hydrogens (primary N) is 1. The molecule has 0 fully saturated rings. The maximum Gasteiger partial charge on any atom is 0.0693 e. The summed E-state index contributed by atoms with van der Waals surface area (Å²) >= 11 is 3.49. The Bertz CT molecular complexity index is 447. The van der Waals surface area contributed by atoms with Crippen LogP contribution < -0.4 is 5.73 Å². The van der Waals surface area contributed by atoms with Crippen LogP contribution in [0.5, 0.6) is 0 Å². The molecule has 1 aromatic carbocycles. The second-order valence-electron chi connectivity index (χ2n) is 2.98. The van der Waals surface area contributed by atoms with E-state index in [0.717, 1.165) is 20.9 Å². The summed E-state index contributed by atoms with van der Waals surface area (Å²) in [5.41, 5.74) is 7.80. The third-order valence-electron chi connectivity index (χ3n) is 2.11. The summed E-state index contributed by atoms with van der Waals surface area (Å²) in [4.78, 5) is 0. The normalized spacial score (nSPS) is 11.0. The minimum Gasteiger partial charge on any atom is -0.326 e. The molecule has 0 saturated heterocycles. The van der Waals surface area contributed by atoms with Crippen LogP contribution in [0.2, 0.25) is 0 Å². The number of hydrogen-bond donors (Lipinski definition) is 1. The lowest BCUT2D eigenvalue weighted by atomic mass is 10.2. The van der Waals surface area contributed by atoms with Crippen LogP contribution in [0.1, 0.15) is 5.56 Å². The number of rotatable bonds is 1. The second-order valence-corrected chi connectivity index (χ2v) is 3.84. The Kier molecular flexibility index (Phi) is 2.09. The number of halogens is 1. The van der Waals surface area contributed by atoms with E-state index in [4.69, 9.17) is 5.73 Å². The zero-order chi connectivity index (χ0) is 9.42. The molecule has 1 aromatic heterocycles. The highest BCUT2D eigenvalue weighted by atomic mass is 79.9. The van der Waals surface area contributed by atoms with Gasteiger partial charge in [-0.1, -0.05) is 15.9 Å². The van der Waals surface area contributed by atoms with Gasteiger partial charge in [0.25, 0.3) is 0 Å². The first-order valence-electron chi connectivity index (χ1n) is 4.02. The number of benzene rings is 1. The van der Waals surface area contributed by atoms with Crippen molar-refractivity contribution in [2.24, 2.45) is 12.8 Å². The Morgan fingerprint density at radius 3 is 3.00 bits per heavy atom. The predicted molar refractivity (Wildman–Crippen MR) is 56.3 cm³/mol. The van der Waals surface area contributed by atoms with Crippen molar-refractivity contribution >= 4 is 26.8 Å². The van der Waals surface area contributed by atoms with E-state index < -0.39 is 0 Å². The van der Waals surface area contributed by atoms with E-state index >= 15 is 0 Å².